The third-order valence-corrected chi connectivity index (χ3v) is 5.02. The van der Waals surface area contributed by atoms with E-state index in [1.807, 2.05) is 6.92 Å². The van der Waals surface area contributed by atoms with Crippen LogP contribution in [-0.4, -0.2) is 63.5 Å². The molecule has 1 atom stereocenters. The van der Waals surface area contributed by atoms with Crippen LogP contribution in [0.2, 0.25) is 0 Å². The number of carbonyl (C=O) groups excluding carboxylic acids is 1. The minimum Gasteiger partial charge on any atom is -0.377 e. The monoisotopic (exact) mass is 435 g/mol. The van der Waals surface area contributed by atoms with Gasteiger partial charge in [-0.05, 0) is 31.2 Å². The Morgan fingerprint density at radius 1 is 1.30 bits per heavy atom. The summed E-state index contributed by atoms with van der Waals surface area (Å²) in [4.78, 5) is 22.7. The van der Waals surface area contributed by atoms with Gasteiger partial charge in [-0.25, -0.2) is 14.8 Å². The van der Waals surface area contributed by atoms with E-state index >= 15 is 0 Å². The van der Waals surface area contributed by atoms with Crippen LogP contribution in [0.5, 0.6) is 0 Å². The molecule has 1 saturated heterocycles. The van der Waals surface area contributed by atoms with E-state index < -0.39 is 10.1 Å². The van der Waals surface area contributed by atoms with E-state index in [-0.39, 0.29) is 18.7 Å². The van der Waals surface area contributed by atoms with Crippen LogP contribution in [0.3, 0.4) is 0 Å². The zero-order valence-electron chi connectivity index (χ0n) is 17.1. The summed E-state index contributed by atoms with van der Waals surface area (Å²) in [6.07, 6.45) is 0.998. The van der Waals surface area contributed by atoms with E-state index in [0.717, 1.165) is 11.8 Å². The number of ether oxygens (including phenoxy) is 1. The van der Waals surface area contributed by atoms with Crippen LogP contribution in [0, 0.1) is 0 Å². The van der Waals surface area contributed by atoms with Crippen LogP contribution in [0.4, 0.5) is 16.3 Å². The Hall–Kier alpha value is -2.76. The number of nitrogens with one attached hydrogen (secondary N) is 2. The Kier molecular flexibility index (Phi) is 6.85. The number of hydrogen-bond donors (Lipinski definition) is 2. The maximum atomic E-state index is 11.5. The second-order valence-corrected chi connectivity index (χ2v) is 8.55. The number of carbonyl (C=O) groups is 1. The van der Waals surface area contributed by atoms with Crippen LogP contribution in [0.25, 0.3) is 11.4 Å². The van der Waals surface area contributed by atoms with Gasteiger partial charge in [-0.2, -0.15) is 8.42 Å². The van der Waals surface area contributed by atoms with Gasteiger partial charge in [-0.3, -0.25) is 4.18 Å². The highest BCUT2D eigenvalue weighted by Crippen LogP contribution is 2.24. The summed E-state index contributed by atoms with van der Waals surface area (Å²) >= 11 is 0. The summed E-state index contributed by atoms with van der Waals surface area (Å²) in [5, 5.41) is 5.18. The highest BCUT2D eigenvalue weighted by molar-refractivity contribution is 7.85. The average molecular weight is 436 g/mol. The minimum atomic E-state index is -3.61. The fraction of sp³-hybridized carbons (Fsp3) is 0.421. The molecule has 0 spiro atoms. The molecule has 1 fully saturated rings. The maximum Gasteiger partial charge on any atom is 0.318 e. The molecule has 1 aliphatic rings. The fourth-order valence-corrected chi connectivity index (χ4v) is 3.30. The highest BCUT2D eigenvalue weighted by atomic mass is 32.2. The van der Waals surface area contributed by atoms with E-state index in [0.29, 0.717) is 42.8 Å². The Labute approximate surface area is 175 Å². The molecule has 0 unspecified atom stereocenters. The molecule has 2 heterocycles. The topological polar surface area (TPSA) is 123 Å². The molecular formula is C19H25N5O5S. The Bertz CT molecular complexity index is 997. The van der Waals surface area contributed by atoms with E-state index in [2.05, 4.69) is 25.5 Å². The first-order valence-corrected chi connectivity index (χ1v) is 11.2. The molecule has 3 rings (SSSR count). The molecular weight excluding hydrogens is 410 g/mol. The summed E-state index contributed by atoms with van der Waals surface area (Å²) < 4.78 is 33.3. The number of morpholine rings is 1. The average Bonchev–Trinajstić information content (AvgIpc) is 2.72. The first kappa shape index (κ1) is 21.9. The van der Waals surface area contributed by atoms with Crippen molar-refractivity contribution in [3.8, 4) is 11.4 Å². The Balaban J connectivity index is 1.93. The van der Waals surface area contributed by atoms with Gasteiger partial charge in [0.05, 0.1) is 31.2 Å². The number of hydrogen-bond acceptors (Lipinski definition) is 8. The number of urea groups is 1. The summed E-state index contributed by atoms with van der Waals surface area (Å²) in [5.74, 6) is 1.11. The van der Waals surface area contributed by atoms with Crippen LogP contribution < -0.4 is 15.5 Å². The zero-order chi connectivity index (χ0) is 21.7. The molecule has 2 N–H and O–H groups in total. The summed E-state index contributed by atoms with van der Waals surface area (Å²) in [6.45, 7) is 3.68. The van der Waals surface area contributed by atoms with Crippen molar-refractivity contribution in [2.75, 3.05) is 43.3 Å². The third kappa shape index (κ3) is 5.88. The Morgan fingerprint density at radius 2 is 2.03 bits per heavy atom. The van der Waals surface area contributed by atoms with Crippen LogP contribution in [0.1, 0.15) is 12.6 Å². The van der Waals surface area contributed by atoms with Crippen molar-refractivity contribution in [2.24, 2.45) is 0 Å². The zero-order valence-corrected chi connectivity index (χ0v) is 17.9. The first-order valence-electron chi connectivity index (χ1n) is 9.41. The minimum absolute atomic E-state index is 0.115. The van der Waals surface area contributed by atoms with Crippen molar-refractivity contribution in [2.45, 2.75) is 19.6 Å². The SMILES string of the molecule is CNC(=O)Nc1ccc(-c2nc(COS(C)(=O)=O)cc(N3CCOC[C@@H]3C)n2)cc1. The predicted octanol–water partition coefficient (Wildman–Crippen LogP) is 1.60. The molecule has 0 aliphatic carbocycles. The van der Waals surface area contributed by atoms with E-state index in [4.69, 9.17) is 8.92 Å². The normalized spacial score (nSPS) is 16.9. The summed E-state index contributed by atoms with van der Waals surface area (Å²) in [6, 6.07) is 8.59. The van der Waals surface area contributed by atoms with Gasteiger partial charge < -0.3 is 20.3 Å². The van der Waals surface area contributed by atoms with Gasteiger partial charge in [0, 0.05) is 30.9 Å². The lowest BCUT2D eigenvalue weighted by Crippen LogP contribution is -2.44. The van der Waals surface area contributed by atoms with Crippen LogP contribution in [-0.2, 0) is 25.6 Å². The lowest BCUT2D eigenvalue weighted by molar-refractivity contribution is 0.0985. The maximum absolute atomic E-state index is 11.5. The van der Waals surface area contributed by atoms with Crippen molar-refractivity contribution < 1.29 is 22.1 Å². The second kappa shape index (κ2) is 9.37. The predicted molar refractivity (Wildman–Crippen MR) is 113 cm³/mol. The summed E-state index contributed by atoms with van der Waals surface area (Å²) in [7, 11) is -2.07. The molecule has 0 saturated carbocycles. The van der Waals surface area contributed by atoms with E-state index in [1.54, 1.807) is 30.3 Å². The van der Waals surface area contributed by atoms with Gasteiger partial charge in [0.25, 0.3) is 10.1 Å². The van der Waals surface area contributed by atoms with Crippen LogP contribution >= 0.6 is 0 Å². The van der Waals surface area contributed by atoms with Crippen molar-refractivity contribution in [3.63, 3.8) is 0 Å². The molecule has 162 valence electrons. The lowest BCUT2D eigenvalue weighted by Gasteiger charge is -2.34. The number of rotatable bonds is 6. The van der Waals surface area contributed by atoms with Gasteiger partial charge in [0.1, 0.15) is 12.4 Å². The van der Waals surface area contributed by atoms with E-state index in [1.165, 1.54) is 7.05 Å². The molecule has 0 radical (unpaired) electrons. The van der Waals surface area contributed by atoms with Gasteiger partial charge in [-0.1, -0.05) is 0 Å². The molecule has 1 aromatic heterocycles. The molecule has 0 bridgehead atoms. The Morgan fingerprint density at radius 3 is 2.67 bits per heavy atom. The molecule has 2 aromatic rings. The van der Waals surface area contributed by atoms with Crippen molar-refractivity contribution in [3.05, 3.63) is 36.0 Å². The number of nitrogens with zero attached hydrogens (tertiary/aromatic N) is 3. The van der Waals surface area contributed by atoms with Crippen LogP contribution in [0.15, 0.2) is 30.3 Å². The lowest BCUT2D eigenvalue weighted by atomic mass is 10.2. The third-order valence-electron chi connectivity index (χ3n) is 4.48. The number of benzene rings is 1. The number of anilines is 2. The van der Waals surface area contributed by atoms with E-state index in [9.17, 15) is 13.2 Å². The number of amides is 2. The van der Waals surface area contributed by atoms with Gasteiger partial charge in [0.2, 0.25) is 0 Å². The fourth-order valence-electron chi connectivity index (χ4n) is 2.96. The summed E-state index contributed by atoms with van der Waals surface area (Å²) in [5.41, 5.74) is 1.80. The largest absolute Gasteiger partial charge is 0.377 e. The van der Waals surface area contributed by atoms with Crippen molar-refractivity contribution in [1.29, 1.82) is 0 Å². The molecule has 1 aliphatic heterocycles. The first-order chi connectivity index (χ1) is 14.2. The molecule has 30 heavy (non-hydrogen) atoms. The van der Waals surface area contributed by atoms with Gasteiger partial charge in [-0.15, -0.1) is 0 Å². The van der Waals surface area contributed by atoms with Gasteiger partial charge >= 0.3 is 6.03 Å². The smallest absolute Gasteiger partial charge is 0.318 e. The standard InChI is InChI=1S/C19H25N5O5S/c1-13-11-28-9-8-24(13)17-10-16(12-29-30(3,26)27)21-18(23-17)14-4-6-15(7-5-14)22-19(25)20-2/h4-7,10,13H,8-9,11-12H2,1-3H3,(H2,20,22,25)/t13-/m0/s1. The highest BCUT2D eigenvalue weighted by Gasteiger charge is 2.22. The molecule has 1 aromatic carbocycles. The quantitative estimate of drug-likeness (QED) is 0.656. The van der Waals surface area contributed by atoms with Gasteiger partial charge in [0.15, 0.2) is 5.82 Å². The molecule has 10 nitrogen and oxygen atoms in total. The second-order valence-electron chi connectivity index (χ2n) is 6.91. The molecule has 2 amide bonds. The van der Waals surface area contributed by atoms with Crippen molar-refractivity contribution in [1.82, 2.24) is 15.3 Å². The molecule has 11 heteroatoms. The van der Waals surface area contributed by atoms with Crippen molar-refractivity contribution >= 4 is 27.7 Å². The number of aromatic nitrogens is 2.